The van der Waals surface area contributed by atoms with Crippen LogP contribution in [0.15, 0.2) is 65.3 Å². The minimum absolute atomic E-state index is 0.0434. The van der Waals surface area contributed by atoms with Gasteiger partial charge in [0.2, 0.25) is 5.95 Å². The zero-order valence-corrected chi connectivity index (χ0v) is 18.0. The lowest BCUT2D eigenvalue weighted by Gasteiger charge is -2.05. The standard InChI is InChI=1S/C23H21N5O5/c1-15-3-6-17(7-4-15)12-27-14-24-23(26-27)25-22(29)21-10-8-18(33-21)13-32-20-9-5-16(2)11-19(20)28(30)31/h3-11,14H,12-13H2,1-2H3,(H,25,26,29). The van der Waals surface area contributed by atoms with Crippen LogP contribution in [0.5, 0.6) is 5.75 Å². The van der Waals surface area contributed by atoms with Gasteiger partial charge in [-0.2, -0.15) is 0 Å². The van der Waals surface area contributed by atoms with E-state index < -0.39 is 10.8 Å². The van der Waals surface area contributed by atoms with Crippen LogP contribution >= 0.6 is 0 Å². The highest BCUT2D eigenvalue weighted by Gasteiger charge is 2.17. The highest BCUT2D eigenvalue weighted by molar-refractivity contribution is 6.01. The van der Waals surface area contributed by atoms with Gasteiger partial charge in [0.05, 0.1) is 11.5 Å². The molecule has 0 radical (unpaired) electrons. The van der Waals surface area contributed by atoms with Gasteiger partial charge >= 0.3 is 5.69 Å². The van der Waals surface area contributed by atoms with E-state index >= 15 is 0 Å². The topological polar surface area (TPSA) is 125 Å². The first-order valence-electron chi connectivity index (χ1n) is 10.1. The van der Waals surface area contributed by atoms with Gasteiger partial charge in [0.15, 0.2) is 11.5 Å². The number of carbonyl (C=O) groups excluding carboxylic acids is 1. The third-order valence-electron chi connectivity index (χ3n) is 4.79. The number of nitro benzene ring substituents is 1. The number of ether oxygens (including phenoxy) is 1. The monoisotopic (exact) mass is 447 g/mol. The largest absolute Gasteiger partial charge is 0.479 e. The Morgan fingerprint density at radius 1 is 1.12 bits per heavy atom. The number of furan rings is 1. The van der Waals surface area contributed by atoms with Crippen molar-refractivity contribution in [3.05, 3.63) is 99.2 Å². The van der Waals surface area contributed by atoms with E-state index in [1.807, 2.05) is 31.2 Å². The van der Waals surface area contributed by atoms with Crippen molar-refractivity contribution < 1.29 is 18.9 Å². The molecular weight excluding hydrogens is 426 g/mol. The first-order valence-corrected chi connectivity index (χ1v) is 10.1. The van der Waals surface area contributed by atoms with Crippen molar-refractivity contribution >= 4 is 17.5 Å². The van der Waals surface area contributed by atoms with Crippen molar-refractivity contribution in [3.63, 3.8) is 0 Å². The maximum atomic E-state index is 12.5. The summed E-state index contributed by atoms with van der Waals surface area (Å²) in [7, 11) is 0. The van der Waals surface area contributed by atoms with E-state index in [1.54, 1.807) is 23.7 Å². The second-order valence-corrected chi connectivity index (χ2v) is 7.49. The second kappa shape index (κ2) is 9.35. The summed E-state index contributed by atoms with van der Waals surface area (Å²) >= 11 is 0. The van der Waals surface area contributed by atoms with Crippen LogP contribution in [0.3, 0.4) is 0 Å². The van der Waals surface area contributed by atoms with E-state index in [4.69, 9.17) is 9.15 Å². The number of aromatic nitrogens is 3. The highest BCUT2D eigenvalue weighted by atomic mass is 16.6. The first-order chi connectivity index (χ1) is 15.9. The molecule has 1 N–H and O–H groups in total. The summed E-state index contributed by atoms with van der Waals surface area (Å²) in [5, 5.41) is 18.0. The fraction of sp³-hybridized carbons (Fsp3) is 0.174. The second-order valence-electron chi connectivity index (χ2n) is 7.49. The molecule has 10 heteroatoms. The number of benzene rings is 2. The molecule has 0 atom stereocenters. The number of nitro groups is 1. The Morgan fingerprint density at radius 3 is 2.64 bits per heavy atom. The van der Waals surface area contributed by atoms with Crippen molar-refractivity contribution in [1.82, 2.24) is 14.8 Å². The molecule has 4 rings (SSSR count). The van der Waals surface area contributed by atoms with Crippen molar-refractivity contribution in [1.29, 1.82) is 0 Å². The number of nitrogens with zero attached hydrogens (tertiary/aromatic N) is 4. The van der Waals surface area contributed by atoms with Gasteiger partial charge < -0.3 is 9.15 Å². The van der Waals surface area contributed by atoms with Gasteiger partial charge in [0.25, 0.3) is 5.91 Å². The summed E-state index contributed by atoms with van der Waals surface area (Å²) in [6, 6.07) is 15.8. The van der Waals surface area contributed by atoms with Crippen LogP contribution in [0.2, 0.25) is 0 Å². The summed E-state index contributed by atoms with van der Waals surface area (Å²) in [6.07, 6.45) is 1.53. The van der Waals surface area contributed by atoms with E-state index in [0.717, 1.165) is 11.1 Å². The third-order valence-corrected chi connectivity index (χ3v) is 4.79. The van der Waals surface area contributed by atoms with Gasteiger partial charge in [0.1, 0.15) is 18.7 Å². The zero-order chi connectivity index (χ0) is 23.4. The molecule has 0 aliphatic rings. The molecule has 0 bridgehead atoms. The number of rotatable bonds is 8. The summed E-state index contributed by atoms with van der Waals surface area (Å²) < 4.78 is 12.7. The Bertz CT molecular complexity index is 1290. The van der Waals surface area contributed by atoms with Crippen LogP contribution in [-0.4, -0.2) is 25.6 Å². The fourth-order valence-electron chi connectivity index (χ4n) is 3.09. The molecule has 1 amide bonds. The summed E-state index contributed by atoms with van der Waals surface area (Å²) in [6.45, 7) is 4.23. The lowest BCUT2D eigenvalue weighted by Crippen LogP contribution is -2.12. The SMILES string of the molecule is Cc1ccc(Cn2cnc(NC(=O)c3ccc(COc4ccc(C)cc4[N+](=O)[O-])o3)n2)cc1. The molecule has 0 saturated heterocycles. The third kappa shape index (κ3) is 5.42. The smallest absolute Gasteiger partial charge is 0.311 e. The van der Waals surface area contributed by atoms with E-state index in [1.165, 1.54) is 30.1 Å². The minimum Gasteiger partial charge on any atom is -0.479 e. The van der Waals surface area contributed by atoms with E-state index in [9.17, 15) is 14.9 Å². The number of hydrogen-bond donors (Lipinski definition) is 1. The van der Waals surface area contributed by atoms with Crippen molar-refractivity contribution in [2.24, 2.45) is 0 Å². The Hall–Kier alpha value is -4.47. The number of carbonyl (C=O) groups is 1. The van der Waals surface area contributed by atoms with Crippen LogP contribution in [0, 0.1) is 24.0 Å². The Balaban J connectivity index is 1.35. The lowest BCUT2D eigenvalue weighted by molar-refractivity contribution is -0.386. The van der Waals surface area contributed by atoms with Crippen LogP contribution in [0.25, 0.3) is 0 Å². The first kappa shape index (κ1) is 21.8. The maximum absolute atomic E-state index is 12.5. The molecule has 0 saturated carbocycles. The van der Waals surface area contributed by atoms with Crippen molar-refractivity contribution in [3.8, 4) is 5.75 Å². The minimum atomic E-state index is -0.518. The Morgan fingerprint density at radius 2 is 1.88 bits per heavy atom. The molecule has 0 aliphatic carbocycles. The number of aryl methyl sites for hydroxylation is 2. The van der Waals surface area contributed by atoms with Gasteiger partial charge in [-0.1, -0.05) is 35.9 Å². The van der Waals surface area contributed by atoms with E-state index in [0.29, 0.717) is 12.3 Å². The van der Waals surface area contributed by atoms with Crippen LogP contribution < -0.4 is 10.1 Å². The average Bonchev–Trinajstić information content (AvgIpc) is 3.44. The molecule has 0 fully saturated rings. The lowest BCUT2D eigenvalue weighted by atomic mass is 10.1. The molecule has 2 aromatic heterocycles. The molecule has 2 aromatic carbocycles. The molecule has 10 nitrogen and oxygen atoms in total. The van der Waals surface area contributed by atoms with Crippen molar-refractivity contribution in [2.75, 3.05) is 5.32 Å². The van der Waals surface area contributed by atoms with Gasteiger partial charge in [-0.15, -0.1) is 5.10 Å². The average molecular weight is 447 g/mol. The van der Waals surface area contributed by atoms with Gasteiger partial charge in [-0.05, 0) is 43.2 Å². The molecule has 168 valence electrons. The molecule has 0 unspecified atom stereocenters. The molecular formula is C23H21N5O5. The molecule has 0 spiro atoms. The summed E-state index contributed by atoms with van der Waals surface area (Å²) in [4.78, 5) is 27.3. The number of amides is 1. The number of nitrogens with one attached hydrogen (secondary N) is 1. The Labute approximate surface area is 189 Å². The number of anilines is 1. The van der Waals surface area contributed by atoms with Crippen LogP contribution in [-0.2, 0) is 13.2 Å². The number of hydrogen-bond acceptors (Lipinski definition) is 7. The van der Waals surface area contributed by atoms with E-state index in [-0.39, 0.29) is 29.8 Å². The van der Waals surface area contributed by atoms with Crippen LogP contribution in [0.1, 0.15) is 33.0 Å². The zero-order valence-electron chi connectivity index (χ0n) is 18.0. The molecule has 2 heterocycles. The van der Waals surface area contributed by atoms with Gasteiger partial charge in [0, 0.05) is 6.07 Å². The normalized spacial score (nSPS) is 10.7. The van der Waals surface area contributed by atoms with Crippen LogP contribution in [0.4, 0.5) is 11.6 Å². The summed E-state index contributed by atoms with van der Waals surface area (Å²) in [5.41, 5.74) is 2.85. The molecule has 4 aromatic rings. The molecule has 0 aliphatic heterocycles. The van der Waals surface area contributed by atoms with Gasteiger partial charge in [-0.25, -0.2) is 9.67 Å². The predicted molar refractivity (Wildman–Crippen MR) is 119 cm³/mol. The molecule has 33 heavy (non-hydrogen) atoms. The predicted octanol–water partition coefficient (Wildman–Crippen LogP) is 4.28. The Kier molecular flexibility index (Phi) is 6.16. The maximum Gasteiger partial charge on any atom is 0.311 e. The quantitative estimate of drug-likeness (QED) is 0.316. The fourth-order valence-corrected chi connectivity index (χ4v) is 3.09. The van der Waals surface area contributed by atoms with Crippen molar-refractivity contribution in [2.45, 2.75) is 27.0 Å². The van der Waals surface area contributed by atoms with Gasteiger partial charge in [-0.3, -0.25) is 20.2 Å². The van der Waals surface area contributed by atoms with E-state index in [2.05, 4.69) is 15.4 Å². The highest BCUT2D eigenvalue weighted by Crippen LogP contribution is 2.28. The summed E-state index contributed by atoms with van der Waals surface area (Å²) in [5.74, 6) is 0.137.